The summed E-state index contributed by atoms with van der Waals surface area (Å²) < 4.78 is 51.5. The standard InChI is InChI=1S/C21H19F4N3O2/c22-16-2-1-3-17(12-16)26-19(29)28-10-8-20(9-11-28)13-18(27-30-20)14-4-6-15(7-5-14)21(23,24)25/h1-7,12-13,27H,8-11H2,(H,26,29). The largest absolute Gasteiger partial charge is 0.416 e. The van der Waals surface area contributed by atoms with Gasteiger partial charge in [-0.05, 0) is 42.0 Å². The number of benzene rings is 2. The minimum absolute atomic E-state index is 0.326. The predicted octanol–water partition coefficient (Wildman–Crippen LogP) is 4.79. The van der Waals surface area contributed by atoms with Crippen LogP contribution in [0.25, 0.3) is 5.70 Å². The third-order valence-corrected chi connectivity index (χ3v) is 5.27. The number of amides is 2. The van der Waals surface area contributed by atoms with E-state index in [4.69, 9.17) is 4.84 Å². The van der Waals surface area contributed by atoms with E-state index in [-0.39, 0.29) is 6.03 Å². The second-order valence-corrected chi connectivity index (χ2v) is 7.33. The molecule has 0 bridgehead atoms. The number of halogens is 4. The number of nitrogens with zero attached hydrogens (tertiary/aromatic N) is 1. The lowest BCUT2D eigenvalue weighted by Crippen LogP contribution is -2.48. The minimum atomic E-state index is -4.38. The molecular weight excluding hydrogens is 402 g/mol. The van der Waals surface area contributed by atoms with Gasteiger partial charge in [-0.15, -0.1) is 0 Å². The molecule has 2 amide bonds. The first-order valence-electron chi connectivity index (χ1n) is 9.40. The van der Waals surface area contributed by atoms with Crippen molar-refractivity contribution in [3.8, 4) is 0 Å². The van der Waals surface area contributed by atoms with Crippen LogP contribution in [0.2, 0.25) is 0 Å². The molecule has 2 heterocycles. The average molecular weight is 421 g/mol. The van der Waals surface area contributed by atoms with Crippen molar-refractivity contribution in [2.24, 2.45) is 0 Å². The van der Waals surface area contributed by atoms with E-state index in [1.165, 1.54) is 30.3 Å². The molecule has 1 spiro atoms. The quantitative estimate of drug-likeness (QED) is 0.686. The van der Waals surface area contributed by atoms with E-state index >= 15 is 0 Å². The molecule has 2 aromatic carbocycles. The van der Waals surface area contributed by atoms with E-state index in [0.29, 0.717) is 42.9 Å². The lowest BCUT2D eigenvalue weighted by atomic mass is 9.90. The van der Waals surface area contributed by atoms with Gasteiger partial charge in [-0.2, -0.15) is 13.2 Å². The monoisotopic (exact) mass is 421 g/mol. The molecule has 2 N–H and O–H groups in total. The maximum atomic E-state index is 13.3. The summed E-state index contributed by atoms with van der Waals surface area (Å²) in [6, 6.07) is 10.2. The lowest BCUT2D eigenvalue weighted by Gasteiger charge is -2.36. The number of carbonyl (C=O) groups excluding carboxylic acids is 1. The van der Waals surface area contributed by atoms with Crippen molar-refractivity contribution in [3.05, 3.63) is 71.6 Å². The van der Waals surface area contributed by atoms with Crippen molar-refractivity contribution in [2.75, 3.05) is 18.4 Å². The number of nitrogens with one attached hydrogen (secondary N) is 2. The molecule has 158 valence electrons. The van der Waals surface area contributed by atoms with Gasteiger partial charge in [0.2, 0.25) is 0 Å². The van der Waals surface area contributed by atoms with Crippen molar-refractivity contribution in [3.63, 3.8) is 0 Å². The van der Waals surface area contributed by atoms with Gasteiger partial charge in [0.25, 0.3) is 0 Å². The van der Waals surface area contributed by atoms with Gasteiger partial charge in [0.15, 0.2) is 0 Å². The van der Waals surface area contributed by atoms with Gasteiger partial charge in [-0.25, -0.2) is 9.18 Å². The normalized spacial score (nSPS) is 18.1. The number of alkyl halides is 3. The van der Waals surface area contributed by atoms with E-state index in [1.54, 1.807) is 11.0 Å². The second-order valence-electron chi connectivity index (χ2n) is 7.33. The molecule has 4 rings (SSSR count). The van der Waals surface area contributed by atoms with Crippen molar-refractivity contribution in [1.82, 2.24) is 10.4 Å². The van der Waals surface area contributed by atoms with Crippen LogP contribution in [0.15, 0.2) is 54.6 Å². The van der Waals surface area contributed by atoms with Crippen molar-refractivity contribution >= 4 is 17.4 Å². The molecule has 0 unspecified atom stereocenters. The summed E-state index contributed by atoms with van der Waals surface area (Å²) in [5.41, 5.74) is 3.03. The van der Waals surface area contributed by atoms with Crippen LogP contribution in [0.1, 0.15) is 24.0 Å². The molecule has 30 heavy (non-hydrogen) atoms. The Hall–Kier alpha value is -3.07. The molecule has 0 aliphatic carbocycles. The first-order chi connectivity index (χ1) is 14.2. The van der Waals surface area contributed by atoms with Gasteiger partial charge in [-0.1, -0.05) is 18.2 Å². The van der Waals surface area contributed by atoms with Gasteiger partial charge in [0.05, 0.1) is 11.3 Å². The van der Waals surface area contributed by atoms with Crippen molar-refractivity contribution < 1.29 is 27.2 Å². The summed E-state index contributed by atoms with van der Waals surface area (Å²) in [5.74, 6) is -0.434. The Kier molecular flexibility index (Phi) is 5.15. The Bertz CT molecular complexity index is 965. The van der Waals surface area contributed by atoms with Crippen LogP contribution in [-0.4, -0.2) is 29.6 Å². The van der Waals surface area contributed by atoms with Crippen LogP contribution in [-0.2, 0) is 11.0 Å². The summed E-state index contributed by atoms with van der Waals surface area (Å²) in [6.45, 7) is 0.833. The lowest BCUT2D eigenvalue weighted by molar-refractivity contribution is -0.137. The highest BCUT2D eigenvalue weighted by atomic mass is 19.4. The van der Waals surface area contributed by atoms with Crippen LogP contribution in [0, 0.1) is 5.82 Å². The molecule has 2 aliphatic heterocycles. The molecule has 0 aromatic heterocycles. The Morgan fingerprint density at radius 2 is 1.80 bits per heavy atom. The van der Waals surface area contributed by atoms with Gasteiger partial charge >= 0.3 is 12.2 Å². The Morgan fingerprint density at radius 3 is 2.43 bits per heavy atom. The number of hydrogen-bond donors (Lipinski definition) is 2. The van der Waals surface area contributed by atoms with E-state index in [0.717, 1.165) is 12.1 Å². The zero-order chi connectivity index (χ0) is 21.4. The average Bonchev–Trinajstić information content (AvgIpc) is 3.11. The molecule has 5 nitrogen and oxygen atoms in total. The third kappa shape index (κ3) is 4.25. The predicted molar refractivity (Wildman–Crippen MR) is 103 cm³/mol. The number of carbonyl (C=O) groups is 1. The molecule has 2 aliphatic rings. The Labute approximate surface area is 170 Å². The van der Waals surface area contributed by atoms with E-state index in [2.05, 4.69) is 10.8 Å². The summed E-state index contributed by atoms with van der Waals surface area (Å²) in [4.78, 5) is 19.8. The molecule has 9 heteroatoms. The highest BCUT2D eigenvalue weighted by Crippen LogP contribution is 2.36. The first kappa shape index (κ1) is 20.2. The number of piperidine rings is 1. The zero-order valence-corrected chi connectivity index (χ0v) is 15.8. The molecule has 0 atom stereocenters. The summed E-state index contributed by atoms with van der Waals surface area (Å²) >= 11 is 0. The molecule has 0 saturated carbocycles. The van der Waals surface area contributed by atoms with E-state index in [1.807, 2.05) is 6.08 Å². The van der Waals surface area contributed by atoms with Crippen molar-refractivity contribution in [1.29, 1.82) is 0 Å². The fraction of sp³-hybridized carbons (Fsp3) is 0.286. The molecule has 0 radical (unpaired) electrons. The minimum Gasteiger partial charge on any atom is -0.324 e. The van der Waals surface area contributed by atoms with Gasteiger partial charge in [0, 0.05) is 31.6 Å². The SMILES string of the molecule is O=C(Nc1cccc(F)c1)N1CCC2(C=C(c3ccc(C(F)(F)F)cc3)NO2)CC1. The van der Waals surface area contributed by atoms with E-state index in [9.17, 15) is 22.4 Å². The maximum Gasteiger partial charge on any atom is 0.416 e. The van der Waals surface area contributed by atoms with Crippen LogP contribution >= 0.6 is 0 Å². The van der Waals surface area contributed by atoms with Crippen molar-refractivity contribution in [2.45, 2.75) is 24.6 Å². The number of anilines is 1. The second kappa shape index (κ2) is 7.64. The fourth-order valence-electron chi connectivity index (χ4n) is 3.56. The number of rotatable bonds is 2. The fourth-order valence-corrected chi connectivity index (χ4v) is 3.56. The van der Waals surface area contributed by atoms with Crippen LogP contribution in [0.3, 0.4) is 0 Å². The smallest absolute Gasteiger partial charge is 0.324 e. The number of urea groups is 1. The van der Waals surface area contributed by atoms with Gasteiger partial charge in [0.1, 0.15) is 11.4 Å². The molecule has 2 aromatic rings. The summed E-state index contributed by atoms with van der Waals surface area (Å²) in [6.07, 6.45) is -1.49. The maximum absolute atomic E-state index is 13.3. The third-order valence-electron chi connectivity index (χ3n) is 5.27. The number of likely N-dealkylation sites (tertiary alicyclic amines) is 1. The van der Waals surface area contributed by atoms with E-state index < -0.39 is 23.2 Å². The highest BCUT2D eigenvalue weighted by molar-refractivity contribution is 5.89. The highest BCUT2D eigenvalue weighted by Gasteiger charge is 2.40. The molecular formula is C21H19F4N3O2. The number of hydrogen-bond acceptors (Lipinski definition) is 3. The van der Waals surface area contributed by atoms with Gasteiger partial charge < -0.3 is 10.2 Å². The first-order valence-corrected chi connectivity index (χ1v) is 9.40. The van der Waals surface area contributed by atoms with Gasteiger partial charge in [-0.3, -0.25) is 10.3 Å². The zero-order valence-electron chi connectivity index (χ0n) is 15.8. The van der Waals surface area contributed by atoms with Crippen LogP contribution in [0.4, 0.5) is 28.0 Å². The molecule has 1 saturated heterocycles. The summed E-state index contributed by atoms with van der Waals surface area (Å²) in [7, 11) is 0. The van der Waals surface area contributed by atoms with Crippen LogP contribution in [0.5, 0.6) is 0 Å². The summed E-state index contributed by atoms with van der Waals surface area (Å²) in [5, 5.41) is 2.67. The number of hydroxylamine groups is 1. The Morgan fingerprint density at radius 1 is 1.10 bits per heavy atom. The topological polar surface area (TPSA) is 53.6 Å². The molecule has 1 fully saturated rings. The van der Waals surface area contributed by atoms with Crippen LogP contribution < -0.4 is 10.8 Å². The Balaban J connectivity index is 1.38.